The molecule has 0 spiro atoms. The summed E-state index contributed by atoms with van der Waals surface area (Å²) in [6, 6.07) is 19.4. The maximum Gasteiger partial charge on any atom is 0.261 e. The molecule has 6 nitrogen and oxygen atoms in total. The second kappa shape index (κ2) is 7.25. The van der Waals surface area contributed by atoms with Gasteiger partial charge in [0.2, 0.25) is 5.91 Å². The van der Waals surface area contributed by atoms with Gasteiger partial charge in [0.25, 0.3) is 11.8 Å². The Bertz CT molecular complexity index is 1030. The first-order valence-electron chi connectivity index (χ1n) is 8.94. The summed E-state index contributed by atoms with van der Waals surface area (Å²) < 4.78 is 0. The molecule has 3 amide bonds. The number of hydrogen-bond donors (Lipinski definition) is 2. The molecule has 28 heavy (non-hydrogen) atoms. The minimum Gasteiger partial charge on any atom is -0.387 e. The lowest BCUT2D eigenvalue weighted by molar-refractivity contribution is -0.121. The number of benzene rings is 3. The fourth-order valence-electron chi connectivity index (χ4n) is 3.43. The van der Waals surface area contributed by atoms with Crippen molar-refractivity contribution in [2.45, 2.75) is 6.10 Å². The highest BCUT2D eigenvalue weighted by Crippen LogP contribution is 2.29. The number of carbonyl (C=O) groups excluding carboxylic acids is 3. The molecular formula is C22H18N2O4. The van der Waals surface area contributed by atoms with Crippen molar-refractivity contribution in [2.75, 3.05) is 13.1 Å². The highest BCUT2D eigenvalue weighted by atomic mass is 16.3. The highest BCUT2D eigenvalue weighted by molar-refractivity contribution is 6.26. The third kappa shape index (κ3) is 3.14. The molecule has 0 saturated heterocycles. The van der Waals surface area contributed by atoms with E-state index in [1.807, 2.05) is 18.2 Å². The van der Waals surface area contributed by atoms with Gasteiger partial charge >= 0.3 is 0 Å². The van der Waals surface area contributed by atoms with E-state index in [0.717, 1.165) is 10.3 Å². The van der Waals surface area contributed by atoms with Crippen LogP contribution >= 0.6 is 0 Å². The molecule has 6 heteroatoms. The SMILES string of the molecule is O=C(CN1C(=O)c2cccc3cccc(c23)C1=O)NCC(O)c1ccccc1. The summed E-state index contributed by atoms with van der Waals surface area (Å²) in [5, 5.41) is 14.2. The van der Waals surface area contributed by atoms with Crippen LogP contribution in [0.2, 0.25) is 0 Å². The van der Waals surface area contributed by atoms with Crippen molar-refractivity contribution in [2.24, 2.45) is 0 Å². The average Bonchev–Trinajstić information content (AvgIpc) is 2.73. The Balaban J connectivity index is 1.49. The van der Waals surface area contributed by atoms with Crippen LogP contribution in [0.15, 0.2) is 66.7 Å². The van der Waals surface area contributed by atoms with E-state index in [0.29, 0.717) is 22.1 Å². The number of imide groups is 1. The quantitative estimate of drug-likeness (QED) is 0.671. The number of hydrogen-bond acceptors (Lipinski definition) is 4. The summed E-state index contributed by atoms with van der Waals surface area (Å²) in [6.07, 6.45) is -0.868. The molecule has 2 N–H and O–H groups in total. The Morgan fingerprint density at radius 2 is 1.50 bits per heavy atom. The van der Waals surface area contributed by atoms with Crippen LogP contribution in [0.4, 0.5) is 0 Å². The Morgan fingerprint density at radius 1 is 0.893 bits per heavy atom. The summed E-state index contributed by atoms with van der Waals surface area (Å²) >= 11 is 0. The number of amides is 3. The minimum absolute atomic E-state index is 0.00869. The van der Waals surface area contributed by atoms with Gasteiger partial charge in [0.15, 0.2) is 0 Å². The molecule has 0 aromatic heterocycles. The molecule has 1 unspecified atom stereocenters. The van der Waals surface area contributed by atoms with Gasteiger partial charge in [0, 0.05) is 23.1 Å². The predicted octanol–water partition coefficient (Wildman–Crippen LogP) is 2.29. The van der Waals surface area contributed by atoms with Gasteiger partial charge in [0.1, 0.15) is 6.54 Å². The van der Waals surface area contributed by atoms with Gasteiger partial charge in [-0.2, -0.15) is 0 Å². The lowest BCUT2D eigenvalue weighted by Crippen LogP contribution is -2.46. The third-order valence-electron chi connectivity index (χ3n) is 4.83. The van der Waals surface area contributed by atoms with Crippen molar-refractivity contribution in [1.29, 1.82) is 0 Å². The van der Waals surface area contributed by atoms with Crippen molar-refractivity contribution in [1.82, 2.24) is 10.2 Å². The molecule has 3 aromatic rings. The van der Waals surface area contributed by atoms with Crippen molar-refractivity contribution in [3.05, 3.63) is 83.4 Å². The van der Waals surface area contributed by atoms with E-state index in [2.05, 4.69) is 5.32 Å². The number of nitrogens with one attached hydrogen (secondary N) is 1. The Labute approximate surface area is 161 Å². The molecule has 0 saturated carbocycles. The van der Waals surface area contributed by atoms with Crippen molar-refractivity contribution < 1.29 is 19.5 Å². The molecule has 1 atom stereocenters. The summed E-state index contributed by atoms with van der Waals surface area (Å²) in [7, 11) is 0. The lowest BCUT2D eigenvalue weighted by Gasteiger charge is -2.26. The number of rotatable bonds is 5. The Morgan fingerprint density at radius 3 is 2.11 bits per heavy atom. The maximum atomic E-state index is 12.8. The van der Waals surface area contributed by atoms with Gasteiger partial charge in [-0.25, -0.2) is 0 Å². The molecule has 0 aliphatic carbocycles. The third-order valence-corrected chi connectivity index (χ3v) is 4.83. The topological polar surface area (TPSA) is 86.7 Å². The molecule has 0 radical (unpaired) electrons. The van der Waals surface area contributed by atoms with Gasteiger partial charge in [-0.05, 0) is 23.1 Å². The second-order valence-electron chi connectivity index (χ2n) is 6.64. The Kier molecular flexibility index (Phi) is 4.63. The zero-order valence-electron chi connectivity index (χ0n) is 15.0. The van der Waals surface area contributed by atoms with Crippen molar-refractivity contribution >= 4 is 28.5 Å². The van der Waals surface area contributed by atoms with Crippen molar-refractivity contribution in [3.8, 4) is 0 Å². The molecule has 0 bridgehead atoms. The summed E-state index contributed by atoms with van der Waals surface area (Å²) in [5.41, 5.74) is 1.49. The van der Waals surface area contributed by atoms with Crippen LogP contribution in [0.1, 0.15) is 32.4 Å². The lowest BCUT2D eigenvalue weighted by atomic mass is 9.94. The first kappa shape index (κ1) is 17.9. The molecule has 140 valence electrons. The molecule has 1 heterocycles. The van der Waals surface area contributed by atoms with Crippen molar-refractivity contribution in [3.63, 3.8) is 0 Å². The first-order chi connectivity index (χ1) is 13.6. The van der Waals surface area contributed by atoms with E-state index in [4.69, 9.17) is 0 Å². The van der Waals surface area contributed by atoms with E-state index in [-0.39, 0.29) is 6.54 Å². The van der Waals surface area contributed by atoms with Crippen LogP contribution in [0.25, 0.3) is 10.8 Å². The zero-order valence-corrected chi connectivity index (χ0v) is 15.0. The number of aliphatic hydroxyl groups excluding tert-OH is 1. The smallest absolute Gasteiger partial charge is 0.261 e. The maximum absolute atomic E-state index is 12.8. The zero-order chi connectivity index (χ0) is 19.7. The fraction of sp³-hybridized carbons (Fsp3) is 0.136. The first-order valence-corrected chi connectivity index (χ1v) is 8.94. The fourth-order valence-corrected chi connectivity index (χ4v) is 3.43. The van der Waals surface area contributed by atoms with E-state index in [9.17, 15) is 19.5 Å². The van der Waals surface area contributed by atoms with E-state index >= 15 is 0 Å². The van der Waals surface area contributed by atoms with Gasteiger partial charge in [0.05, 0.1) is 6.10 Å². The Hall–Kier alpha value is -3.51. The number of nitrogens with zero attached hydrogens (tertiary/aromatic N) is 1. The van der Waals surface area contributed by atoms with E-state index < -0.39 is 30.4 Å². The van der Waals surface area contributed by atoms with Crippen LogP contribution < -0.4 is 5.32 Å². The van der Waals surface area contributed by atoms with Crippen LogP contribution in [0.3, 0.4) is 0 Å². The molecule has 1 aliphatic heterocycles. The number of carbonyl (C=O) groups is 3. The summed E-state index contributed by atoms with van der Waals surface area (Å²) in [6.45, 7) is -0.408. The van der Waals surface area contributed by atoms with Gasteiger partial charge in [-0.3, -0.25) is 19.3 Å². The van der Waals surface area contributed by atoms with Gasteiger partial charge in [-0.1, -0.05) is 54.6 Å². The number of aliphatic hydroxyl groups is 1. The summed E-state index contributed by atoms with van der Waals surface area (Å²) in [4.78, 5) is 38.8. The van der Waals surface area contributed by atoms with Crippen LogP contribution in [-0.2, 0) is 4.79 Å². The van der Waals surface area contributed by atoms with Gasteiger partial charge in [-0.15, -0.1) is 0 Å². The largest absolute Gasteiger partial charge is 0.387 e. The van der Waals surface area contributed by atoms with Crippen LogP contribution in [-0.4, -0.2) is 40.8 Å². The molecule has 0 fully saturated rings. The van der Waals surface area contributed by atoms with Crippen LogP contribution in [0.5, 0.6) is 0 Å². The highest BCUT2D eigenvalue weighted by Gasteiger charge is 2.33. The minimum atomic E-state index is -0.868. The van der Waals surface area contributed by atoms with Gasteiger partial charge < -0.3 is 10.4 Å². The second-order valence-corrected chi connectivity index (χ2v) is 6.64. The average molecular weight is 374 g/mol. The molecule has 1 aliphatic rings. The standard InChI is InChI=1S/C22H18N2O4/c25-18(14-6-2-1-3-7-14)12-23-19(26)13-24-21(27)16-10-4-8-15-9-5-11-17(20(15)16)22(24)28/h1-11,18,25H,12-13H2,(H,23,26). The van der Waals surface area contributed by atoms with E-state index in [1.54, 1.807) is 48.5 Å². The van der Waals surface area contributed by atoms with Crippen LogP contribution in [0, 0.1) is 0 Å². The molecule has 4 rings (SSSR count). The predicted molar refractivity (Wildman–Crippen MR) is 104 cm³/mol. The summed E-state index contributed by atoms with van der Waals surface area (Å²) in [5.74, 6) is -1.50. The monoisotopic (exact) mass is 374 g/mol. The van der Waals surface area contributed by atoms with E-state index in [1.165, 1.54) is 0 Å². The molecular weight excluding hydrogens is 356 g/mol. The normalized spacial score (nSPS) is 14.2. The molecule has 3 aromatic carbocycles.